The third kappa shape index (κ3) is 4.11. The van der Waals surface area contributed by atoms with E-state index in [-0.39, 0.29) is 5.92 Å². The lowest BCUT2D eigenvalue weighted by atomic mass is 10.1. The minimum Gasteiger partial charge on any atom is -0.349 e. The molecule has 70 valence electrons. The lowest BCUT2D eigenvalue weighted by Gasteiger charge is -2.07. The van der Waals surface area contributed by atoms with Gasteiger partial charge in [-0.1, -0.05) is 27.7 Å². The Labute approximate surface area is 76.3 Å². The van der Waals surface area contributed by atoms with Crippen molar-refractivity contribution in [3.63, 3.8) is 0 Å². The maximum Gasteiger partial charge on any atom is 0.222 e. The zero-order valence-electron chi connectivity index (χ0n) is 9.97. The van der Waals surface area contributed by atoms with Crippen LogP contribution >= 0.6 is 0 Å². The van der Waals surface area contributed by atoms with Gasteiger partial charge in [0.1, 0.15) is 0 Å². The molecule has 0 radical (unpaired) electrons. The van der Waals surface area contributed by atoms with E-state index in [1.807, 2.05) is 0 Å². The Kier molecular flexibility index (Phi) is 3.18. The van der Waals surface area contributed by atoms with Gasteiger partial charge in [-0.2, -0.15) is 0 Å². The van der Waals surface area contributed by atoms with E-state index in [9.17, 15) is 9.59 Å². The number of amides is 1. The van der Waals surface area contributed by atoms with E-state index in [0.29, 0.717) is 0 Å². The molecule has 3 nitrogen and oxygen atoms in total. The monoisotopic (exact) mass is 176 g/mol. The zero-order valence-corrected chi connectivity index (χ0v) is 7.97. The highest BCUT2D eigenvalue weighted by molar-refractivity contribution is 5.87. The number of carbonyl (C=O) groups excluding carboxylic acids is 2. The summed E-state index contributed by atoms with van der Waals surface area (Å²) in [5.74, 6) is -1.82. The molecule has 1 N–H and O–H groups in total. The summed E-state index contributed by atoms with van der Waals surface area (Å²) in [5.41, 5.74) is 0. The summed E-state index contributed by atoms with van der Waals surface area (Å²) in [6.45, 7) is 4.23. The predicted octanol–water partition coefficient (Wildman–Crippen LogP) is 0.984. The van der Waals surface area contributed by atoms with Crippen LogP contribution in [0.4, 0.5) is 0 Å². The van der Waals surface area contributed by atoms with Crippen LogP contribution in [0.15, 0.2) is 0 Å². The fourth-order valence-electron chi connectivity index (χ4n) is 0.412. The first kappa shape index (κ1) is 7.77. The van der Waals surface area contributed by atoms with Crippen molar-refractivity contribution in [2.45, 2.75) is 27.7 Å². The van der Waals surface area contributed by atoms with Crippen LogP contribution in [-0.4, -0.2) is 18.2 Å². The molecule has 0 spiro atoms. The Morgan fingerprint density at radius 1 is 1.42 bits per heavy atom. The Bertz CT molecular complexity index is 237. The molecule has 0 saturated carbocycles. The minimum atomic E-state index is -2.25. The molecule has 12 heavy (non-hydrogen) atoms. The van der Waals surface area contributed by atoms with E-state index >= 15 is 0 Å². The average molecular weight is 176 g/mol. The number of nitrogens with one attached hydrogen (secondary N) is 1. The van der Waals surface area contributed by atoms with Crippen molar-refractivity contribution >= 4 is 11.7 Å². The maximum absolute atomic E-state index is 11.3. The van der Waals surface area contributed by atoms with Crippen molar-refractivity contribution in [1.82, 2.24) is 5.32 Å². The molecule has 3 heteroatoms. The molecule has 0 bridgehead atoms. The quantitative estimate of drug-likeness (QED) is 0.512. The van der Waals surface area contributed by atoms with Crippen LogP contribution in [0.3, 0.4) is 0 Å². The lowest BCUT2D eigenvalue weighted by Crippen LogP contribution is -2.34. The molecule has 0 aliphatic heterocycles. The molecule has 0 rings (SSSR count). The highest BCUT2D eigenvalue weighted by Gasteiger charge is 2.10. The van der Waals surface area contributed by atoms with E-state index in [0.717, 1.165) is 0 Å². The fourth-order valence-corrected chi connectivity index (χ4v) is 0.412. The van der Waals surface area contributed by atoms with Gasteiger partial charge in [-0.15, -0.1) is 0 Å². The van der Waals surface area contributed by atoms with Crippen molar-refractivity contribution in [1.29, 1.82) is 0 Å². The highest BCUT2D eigenvalue weighted by atomic mass is 18.1. The number of carbonyl (C=O) groups is 2. The maximum atomic E-state index is 11.3. The molecular formula is C9H17NO2. The molecule has 0 aliphatic rings. The van der Waals surface area contributed by atoms with E-state index < -0.39 is 24.1 Å². The highest BCUT2D eigenvalue weighted by Crippen LogP contribution is 1.94. The van der Waals surface area contributed by atoms with Gasteiger partial charge in [-0.25, -0.2) is 0 Å². The van der Waals surface area contributed by atoms with E-state index in [4.69, 9.17) is 2.74 Å². The van der Waals surface area contributed by atoms with Crippen LogP contribution in [0.2, 0.25) is 0 Å². The van der Waals surface area contributed by atoms with Crippen molar-refractivity contribution in [2.75, 3.05) is 6.50 Å². The second kappa shape index (κ2) is 4.91. The van der Waals surface area contributed by atoms with Gasteiger partial charge in [0.05, 0.1) is 9.24 Å². The van der Waals surface area contributed by atoms with Gasteiger partial charge in [-0.05, 0) is 0 Å². The molecule has 0 fully saturated rings. The second-order valence-corrected chi connectivity index (χ2v) is 3.29. The molecule has 0 atom stereocenters. The van der Waals surface area contributed by atoms with Crippen LogP contribution in [0, 0.1) is 11.8 Å². The first-order valence-electron chi connectivity index (χ1n) is 5.04. The van der Waals surface area contributed by atoms with Gasteiger partial charge in [0.15, 0.2) is 5.78 Å². The Morgan fingerprint density at radius 2 is 1.92 bits per heavy atom. The largest absolute Gasteiger partial charge is 0.349 e. The number of hydrogen-bond donors (Lipinski definition) is 1. The van der Waals surface area contributed by atoms with Gasteiger partial charge in [-0.3, -0.25) is 9.59 Å². The summed E-state index contributed by atoms with van der Waals surface area (Å²) in [4.78, 5) is 22.5. The summed E-state index contributed by atoms with van der Waals surface area (Å²) in [7, 11) is 0. The summed E-state index contributed by atoms with van der Waals surface area (Å²) in [6.07, 6.45) is 0. The van der Waals surface area contributed by atoms with Gasteiger partial charge in [0, 0.05) is 11.8 Å². The minimum absolute atomic E-state index is 0.329. The molecule has 0 aromatic carbocycles. The number of rotatable bonds is 4. The normalized spacial score (nSPS) is 14.2. The van der Waals surface area contributed by atoms with Crippen LogP contribution in [0.25, 0.3) is 0 Å². The molecular weight excluding hydrogens is 157 g/mol. The van der Waals surface area contributed by atoms with Crippen LogP contribution < -0.4 is 5.32 Å². The molecule has 0 heterocycles. The van der Waals surface area contributed by atoms with Crippen LogP contribution in [-0.2, 0) is 9.59 Å². The number of hydrogen-bond acceptors (Lipinski definition) is 2. The van der Waals surface area contributed by atoms with Gasteiger partial charge in [0.2, 0.25) is 5.91 Å². The first-order chi connectivity index (χ1) is 6.18. The summed E-state index contributed by atoms with van der Waals surface area (Å²) in [6, 6.07) is 0. The summed E-state index contributed by atoms with van der Waals surface area (Å²) < 4.78 is 14.7. The third-order valence-corrected chi connectivity index (χ3v) is 1.36. The summed E-state index contributed by atoms with van der Waals surface area (Å²) in [5, 5.41) is 2.08. The fraction of sp³-hybridized carbons (Fsp3) is 0.778. The smallest absolute Gasteiger partial charge is 0.222 e. The summed E-state index contributed by atoms with van der Waals surface area (Å²) >= 11 is 0. The van der Waals surface area contributed by atoms with E-state index in [1.54, 1.807) is 27.7 Å². The van der Waals surface area contributed by atoms with Gasteiger partial charge in [0.25, 0.3) is 0 Å². The molecule has 0 saturated heterocycles. The van der Waals surface area contributed by atoms with Gasteiger partial charge >= 0.3 is 0 Å². The molecule has 0 aliphatic carbocycles. The molecule has 0 aromatic heterocycles. The topological polar surface area (TPSA) is 46.2 Å². The van der Waals surface area contributed by atoms with E-state index in [1.165, 1.54) is 0 Å². The second-order valence-electron chi connectivity index (χ2n) is 3.29. The molecule has 0 aromatic rings. The molecule has 0 unspecified atom stereocenters. The zero-order chi connectivity index (χ0) is 11.5. The van der Waals surface area contributed by atoms with Crippen molar-refractivity contribution < 1.29 is 12.3 Å². The van der Waals surface area contributed by atoms with Gasteiger partial charge < -0.3 is 5.32 Å². The predicted molar refractivity (Wildman–Crippen MR) is 47.7 cm³/mol. The lowest BCUT2D eigenvalue weighted by molar-refractivity contribution is -0.128. The standard InChI is InChI=1S/C9H17NO2/c1-6(2)8(11)5-10-9(12)7(3)4/h6-7H,5H2,1-4H3,(H,10,12)/i5D2,9+1,12+2. The van der Waals surface area contributed by atoms with Crippen LogP contribution in [0.5, 0.6) is 0 Å². The Hall–Kier alpha value is -0.860. The Morgan fingerprint density at radius 3 is 2.25 bits per heavy atom. The van der Waals surface area contributed by atoms with E-state index in [2.05, 4.69) is 5.32 Å². The third-order valence-electron chi connectivity index (χ3n) is 1.36. The van der Waals surface area contributed by atoms with Crippen molar-refractivity contribution in [2.24, 2.45) is 11.8 Å². The SMILES string of the molecule is [2H]C([2H])(N[13C](=[18O])C(C)C)C(=O)C(C)C. The molecule has 1 amide bonds. The average Bonchev–Trinajstić information content (AvgIpc) is 2.01. The Balaban J connectivity index is 4.49. The van der Waals surface area contributed by atoms with Crippen molar-refractivity contribution in [3.05, 3.63) is 0 Å². The number of ketones is 1. The van der Waals surface area contributed by atoms with Crippen molar-refractivity contribution in [3.8, 4) is 0 Å². The number of Topliss-reactive ketones (excluding diaryl/α,β-unsaturated/α-hetero) is 1. The first-order valence-corrected chi connectivity index (χ1v) is 4.04. The van der Waals surface area contributed by atoms with Crippen LogP contribution in [0.1, 0.15) is 30.4 Å².